The molecule has 33 heavy (non-hydrogen) atoms. The largest absolute Gasteiger partial charge is 0.354 e. The predicted molar refractivity (Wildman–Crippen MR) is 141 cm³/mol. The predicted octanol–water partition coefficient (Wildman–Crippen LogP) is 4.04. The van der Waals surface area contributed by atoms with E-state index in [1.54, 1.807) is 48.5 Å². The molecule has 0 radical (unpaired) electrons. The highest BCUT2D eigenvalue weighted by molar-refractivity contribution is 14.1. The van der Waals surface area contributed by atoms with Gasteiger partial charge in [-0.1, -0.05) is 43.6 Å². The van der Waals surface area contributed by atoms with Crippen molar-refractivity contribution in [2.75, 3.05) is 23.7 Å². The standard InChI is InChI=1S/C23H29ClIN3O4S/c1-4-14-26-23(30)21(5-2)27(15-17-8-6-7-9-20(17)24)22(29)16-28(33(3,31)32)19-12-10-18(25)11-13-19/h6-13,21H,4-5,14-16H2,1-3H3,(H,26,30)/t21-/m1/s1. The average Bonchev–Trinajstić information content (AvgIpc) is 2.77. The molecule has 0 aromatic heterocycles. The SMILES string of the molecule is CCCNC(=O)[C@@H](CC)N(Cc1ccccc1Cl)C(=O)CN(c1ccc(I)cc1)S(C)(=O)=O. The summed E-state index contributed by atoms with van der Waals surface area (Å²) in [4.78, 5) is 27.8. The van der Waals surface area contributed by atoms with E-state index in [-0.39, 0.29) is 12.5 Å². The Labute approximate surface area is 214 Å². The van der Waals surface area contributed by atoms with Crippen molar-refractivity contribution in [1.29, 1.82) is 0 Å². The Morgan fingerprint density at radius 1 is 1.09 bits per heavy atom. The zero-order chi connectivity index (χ0) is 24.6. The van der Waals surface area contributed by atoms with E-state index in [1.165, 1.54) is 4.90 Å². The third-order valence-corrected chi connectivity index (χ3v) is 7.26. The molecule has 1 N–H and O–H groups in total. The molecule has 180 valence electrons. The van der Waals surface area contributed by atoms with Gasteiger partial charge in [0.25, 0.3) is 0 Å². The molecule has 7 nitrogen and oxygen atoms in total. The van der Waals surface area contributed by atoms with E-state index in [0.29, 0.717) is 29.2 Å². The second-order valence-corrected chi connectivity index (χ2v) is 11.1. The minimum absolute atomic E-state index is 0.0842. The van der Waals surface area contributed by atoms with Crippen LogP contribution in [0.1, 0.15) is 32.3 Å². The van der Waals surface area contributed by atoms with Gasteiger partial charge in [-0.05, 0) is 71.3 Å². The molecule has 0 aliphatic heterocycles. The number of anilines is 1. The van der Waals surface area contributed by atoms with Crippen LogP contribution in [0.2, 0.25) is 5.02 Å². The van der Waals surface area contributed by atoms with Crippen LogP contribution in [-0.2, 0) is 26.2 Å². The van der Waals surface area contributed by atoms with Crippen LogP contribution in [-0.4, -0.2) is 50.5 Å². The minimum Gasteiger partial charge on any atom is -0.354 e. The fourth-order valence-corrected chi connectivity index (χ4v) is 4.72. The first-order valence-electron chi connectivity index (χ1n) is 10.6. The number of sulfonamides is 1. The van der Waals surface area contributed by atoms with Gasteiger partial charge >= 0.3 is 0 Å². The maximum absolute atomic E-state index is 13.5. The van der Waals surface area contributed by atoms with Crippen molar-refractivity contribution < 1.29 is 18.0 Å². The Balaban J connectivity index is 2.42. The highest BCUT2D eigenvalue weighted by Crippen LogP contribution is 2.23. The number of halogens is 2. The highest BCUT2D eigenvalue weighted by Gasteiger charge is 2.31. The molecule has 2 rings (SSSR count). The molecule has 2 aromatic carbocycles. The van der Waals surface area contributed by atoms with Crippen molar-refractivity contribution >= 4 is 61.7 Å². The number of hydrogen-bond acceptors (Lipinski definition) is 4. The Morgan fingerprint density at radius 2 is 1.73 bits per heavy atom. The van der Waals surface area contributed by atoms with Crippen molar-refractivity contribution in [2.24, 2.45) is 0 Å². The van der Waals surface area contributed by atoms with Crippen LogP contribution in [0, 0.1) is 3.57 Å². The molecule has 2 amide bonds. The first kappa shape index (κ1) is 27.4. The average molecular weight is 606 g/mol. The van der Waals surface area contributed by atoms with Crippen LogP contribution >= 0.6 is 34.2 Å². The number of benzene rings is 2. The molecule has 0 saturated carbocycles. The summed E-state index contributed by atoms with van der Waals surface area (Å²) >= 11 is 8.45. The van der Waals surface area contributed by atoms with E-state index in [0.717, 1.165) is 20.6 Å². The minimum atomic E-state index is -3.75. The molecule has 2 aromatic rings. The lowest BCUT2D eigenvalue weighted by Crippen LogP contribution is -2.52. The fourth-order valence-electron chi connectivity index (χ4n) is 3.32. The van der Waals surface area contributed by atoms with Crippen molar-refractivity contribution in [3.05, 3.63) is 62.7 Å². The van der Waals surface area contributed by atoms with Gasteiger partial charge in [0.15, 0.2) is 0 Å². The van der Waals surface area contributed by atoms with Crippen molar-refractivity contribution in [2.45, 2.75) is 39.3 Å². The number of amides is 2. The van der Waals surface area contributed by atoms with Gasteiger partial charge in [0, 0.05) is 21.7 Å². The summed E-state index contributed by atoms with van der Waals surface area (Å²) in [5.74, 6) is -0.766. The van der Waals surface area contributed by atoms with Gasteiger partial charge in [-0.25, -0.2) is 8.42 Å². The number of nitrogens with zero attached hydrogens (tertiary/aromatic N) is 2. The lowest BCUT2D eigenvalue weighted by Gasteiger charge is -2.33. The summed E-state index contributed by atoms with van der Waals surface area (Å²) < 4.78 is 27.1. The quantitative estimate of drug-likeness (QED) is 0.392. The molecule has 0 spiro atoms. The molecule has 0 fully saturated rings. The zero-order valence-corrected chi connectivity index (χ0v) is 22.7. The normalized spacial score (nSPS) is 12.2. The maximum atomic E-state index is 13.5. The number of rotatable bonds is 11. The highest BCUT2D eigenvalue weighted by atomic mass is 127. The van der Waals surface area contributed by atoms with Crippen LogP contribution in [0.5, 0.6) is 0 Å². The summed E-state index contributed by atoms with van der Waals surface area (Å²) in [5, 5.41) is 3.31. The van der Waals surface area contributed by atoms with E-state index >= 15 is 0 Å². The number of hydrogen-bond donors (Lipinski definition) is 1. The summed E-state index contributed by atoms with van der Waals surface area (Å²) in [6.45, 7) is 3.90. The summed E-state index contributed by atoms with van der Waals surface area (Å²) in [5.41, 5.74) is 1.06. The van der Waals surface area contributed by atoms with E-state index in [1.807, 2.05) is 13.8 Å². The molecule has 0 saturated heterocycles. The number of nitrogens with one attached hydrogen (secondary N) is 1. The molecule has 0 aliphatic carbocycles. The first-order chi connectivity index (χ1) is 15.6. The van der Waals surface area contributed by atoms with E-state index in [2.05, 4.69) is 27.9 Å². The third-order valence-electron chi connectivity index (χ3n) is 5.03. The Morgan fingerprint density at radius 3 is 2.27 bits per heavy atom. The van der Waals surface area contributed by atoms with Crippen molar-refractivity contribution in [3.8, 4) is 0 Å². The monoisotopic (exact) mass is 605 g/mol. The van der Waals surface area contributed by atoms with Crippen LogP contribution in [0.15, 0.2) is 48.5 Å². The van der Waals surface area contributed by atoms with Gasteiger partial charge in [-0.3, -0.25) is 13.9 Å². The number of carbonyl (C=O) groups excluding carboxylic acids is 2. The Bertz CT molecular complexity index is 1060. The summed E-state index contributed by atoms with van der Waals surface area (Å²) in [6, 6.07) is 13.2. The van der Waals surface area contributed by atoms with Crippen LogP contribution in [0.3, 0.4) is 0 Å². The molecular weight excluding hydrogens is 577 g/mol. The topological polar surface area (TPSA) is 86.8 Å². The van der Waals surface area contributed by atoms with E-state index < -0.39 is 28.5 Å². The van der Waals surface area contributed by atoms with Gasteiger partial charge in [-0.15, -0.1) is 0 Å². The lowest BCUT2D eigenvalue weighted by atomic mass is 10.1. The van der Waals surface area contributed by atoms with Crippen LogP contribution in [0.4, 0.5) is 5.69 Å². The number of carbonyl (C=O) groups is 2. The first-order valence-corrected chi connectivity index (χ1v) is 13.9. The smallest absolute Gasteiger partial charge is 0.244 e. The molecule has 0 aliphatic rings. The van der Waals surface area contributed by atoms with Crippen LogP contribution < -0.4 is 9.62 Å². The van der Waals surface area contributed by atoms with Crippen molar-refractivity contribution in [1.82, 2.24) is 10.2 Å². The molecule has 0 bridgehead atoms. The Kier molecular flexibility index (Phi) is 10.4. The van der Waals surface area contributed by atoms with Gasteiger partial charge in [-0.2, -0.15) is 0 Å². The third kappa shape index (κ3) is 7.86. The lowest BCUT2D eigenvalue weighted by molar-refractivity contribution is -0.140. The van der Waals surface area contributed by atoms with Gasteiger partial charge in [0.05, 0.1) is 11.9 Å². The van der Waals surface area contributed by atoms with Crippen LogP contribution in [0.25, 0.3) is 0 Å². The molecule has 1 atom stereocenters. The Hall–Kier alpha value is -1.85. The van der Waals surface area contributed by atoms with Gasteiger partial charge in [0.2, 0.25) is 21.8 Å². The van der Waals surface area contributed by atoms with E-state index in [9.17, 15) is 18.0 Å². The second-order valence-electron chi connectivity index (χ2n) is 7.57. The molecule has 10 heteroatoms. The second kappa shape index (κ2) is 12.6. The summed E-state index contributed by atoms with van der Waals surface area (Å²) in [6.07, 6.45) is 2.19. The van der Waals surface area contributed by atoms with Crippen molar-refractivity contribution in [3.63, 3.8) is 0 Å². The molecule has 0 heterocycles. The molecule has 0 unspecified atom stereocenters. The van der Waals surface area contributed by atoms with E-state index in [4.69, 9.17) is 11.6 Å². The van der Waals surface area contributed by atoms with Gasteiger partial charge in [0.1, 0.15) is 12.6 Å². The summed E-state index contributed by atoms with van der Waals surface area (Å²) in [7, 11) is -3.75. The molecular formula is C23H29ClIN3O4S. The maximum Gasteiger partial charge on any atom is 0.244 e. The zero-order valence-electron chi connectivity index (χ0n) is 18.9. The fraction of sp³-hybridized carbons (Fsp3) is 0.391. The van der Waals surface area contributed by atoms with Gasteiger partial charge < -0.3 is 10.2 Å².